The van der Waals surface area contributed by atoms with Gasteiger partial charge in [-0.3, -0.25) is 4.79 Å². The van der Waals surface area contributed by atoms with E-state index in [4.69, 9.17) is 13.6 Å². The third kappa shape index (κ3) is 4.39. The van der Waals surface area contributed by atoms with Crippen LogP contribution in [-0.4, -0.2) is 29.8 Å². The number of furan rings is 2. The largest absolute Gasteiger partial charge is 0.494 e. The van der Waals surface area contributed by atoms with E-state index in [1.165, 1.54) is 12.3 Å². The number of nitrogens with one attached hydrogen (secondary N) is 1. The van der Waals surface area contributed by atoms with Crippen molar-refractivity contribution >= 4 is 29.1 Å². The molecule has 0 radical (unpaired) electrons. The molecule has 8 nitrogen and oxygen atoms in total. The van der Waals surface area contributed by atoms with Crippen LogP contribution < -0.4 is 10.2 Å². The predicted octanol–water partition coefficient (Wildman–Crippen LogP) is 4.86. The van der Waals surface area contributed by atoms with Crippen molar-refractivity contribution in [1.29, 1.82) is 0 Å². The molecular weight excluding hydrogens is 412 g/mol. The maximum absolute atomic E-state index is 12.4. The Hall–Kier alpha value is -4.33. The SMILES string of the molecule is CCOc1ccc2oc(C(=O)N/N=C/c3ccc(-c4cc(C(=O)O)ccc4C)o3)cc2c1. The number of carbonyl (C=O) groups is 2. The Kier molecular flexibility index (Phi) is 5.76. The zero-order chi connectivity index (χ0) is 22.7. The average molecular weight is 432 g/mol. The molecule has 0 aliphatic rings. The van der Waals surface area contributed by atoms with Crippen molar-refractivity contribution in [2.75, 3.05) is 6.61 Å². The van der Waals surface area contributed by atoms with E-state index >= 15 is 0 Å². The lowest BCUT2D eigenvalue weighted by Gasteiger charge is -2.04. The number of aryl methyl sites for hydroxylation is 1. The van der Waals surface area contributed by atoms with Crippen LogP contribution in [0.3, 0.4) is 0 Å². The molecule has 8 heteroatoms. The molecule has 2 aromatic heterocycles. The van der Waals surface area contributed by atoms with Gasteiger partial charge in [-0.2, -0.15) is 5.10 Å². The molecule has 2 heterocycles. The molecule has 0 saturated heterocycles. The first-order chi connectivity index (χ1) is 15.4. The monoisotopic (exact) mass is 432 g/mol. The molecular formula is C24H20N2O6. The Morgan fingerprint density at radius 3 is 2.72 bits per heavy atom. The summed E-state index contributed by atoms with van der Waals surface area (Å²) < 4.78 is 16.7. The summed E-state index contributed by atoms with van der Waals surface area (Å²) in [6, 6.07) is 15.1. The molecule has 0 atom stereocenters. The summed E-state index contributed by atoms with van der Waals surface area (Å²) >= 11 is 0. The minimum absolute atomic E-state index is 0.118. The molecule has 32 heavy (non-hydrogen) atoms. The van der Waals surface area contributed by atoms with Crippen LogP contribution in [0.25, 0.3) is 22.3 Å². The Labute approximate surface area is 183 Å². The van der Waals surface area contributed by atoms with E-state index in [1.807, 2.05) is 13.8 Å². The quantitative estimate of drug-likeness (QED) is 0.318. The molecule has 1 amide bonds. The topological polar surface area (TPSA) is 114 Å². The van der Waals surface area contributed by atoms with Crippen LogP contribution in [0, 0.1) is 6.92 Å². The first-order valence-corrected chi connectivity index (χ1v) is 9.88. The zero-order valence-corrected chi connectivity index (χ0v) is 17.4. The van der Waals surface area contributed by atoms with E-state index in [0.29, 0.717) is 35.0 Å². The summed E-state index contributed by atoms with van der Waals surface area (Å²) in [5.41, 5.74) is 4.68. The standard InChI is InChI=1S/C24H20N2O6/c1-3-30-17-6-8-20-16(10-17)12-22(32-20)23(27)26-25-13-18-7-9-21(31-18)19-11-15(24(28)29)5-4-14(19)2/h4-13H,3H2,1-2H3,(H,26,27)(H,28,29)/b25-13+. The lowest BCUT2D eigenvalue weighted by molar-refractivity contribution is 0.0696. The number of amides is 1. The van der Waals surface area contributed by atoms with E-state index in [1.54, 1.807) is 48.5 Å². The lowest BCUT2D eigenvalue weighted by Crippen LogP contribution is -2.16. The van der Waals surface area contributed by atoms with Crippen LogP contribution in [0.15, 0.2) is 68.5 Å². The summed E-state index contributed by atoms with van der Waals surface area (Å²) in [4.78, 5) is 23.6. The first-order valence-electron chi connectivity index (χ1n) is 9.88. The number of carbonyl (C=O) groups excluding carboxylic acids is 1. The molecule has 0 fully saturated rings. The lowest BCUT2D eigenvalue weighted by atomic mass is 10.0. The molecule has 4 rings (SSSR count). The van der Waals surface area contributed by atoms with Crippen molar-refractivity contribution in [3.05, 3.63) is 77.2 Å². The van der Waals surface area contributed by atoms with Crippen LogP contribution in [0.5, 0.6) is 5.75 Å². The van der Waals surface area contributed by atoms with Gasteiger partial charge >= 0.3 is 11.9 Å². The van der Waals surface area contributed by atoms with Gasteiger partial charge < -0.3 is 18.7 Å². The van der Waals surface area contributed by atoms with Crippen LogP contribution in [0.4, 0.5) is 0 Å². The molecule has 2 aromatic carbocycles. The number of hydrogen-bond acceptors (Lipinski definition) is 6. The number of fused-ring (bicyclic) bond motifs is 1. The Balaban J connectivity index is 1.45. The fourth-order valence-corrected chi connectivity index (χ4v) is 3.19. The maximum atomic E-state index is 12.4. The van der Waals surface area contributed by atoms with Gasteiger partial charge in [0, 0.05) is 10.9 Å². The molecule has 0 bridgehead atoms. The first kappa shape index (κ1) is 20.9. The number of hydrazone groups is 1. The van der Waals surface area contributed by atoms with E-state index in [9.17, 15) is 14.7 Å². The van der Waals surface area contributed by atoms with Gasteiger partial charge in [0.25, 0.3) is 0 Å². The van der Waals surface area contributed by atoms with Gasteiger partial charge in [-0.25, -0.2) is 10.2 Å². The average Bonchev–Trinajstić information content (AvgIpc) is 3.41. The summed E-state index contributed by atoms with van der Waals surface area (Å²) in [5.74, 6) is 0.192. The number of aromatic carboxylic acids is 1. The maximum Gasteiger partial charge on any atom is 0.335 e. The fourth-order valence-electron chi connectivity index (χ4n) is 3.19. The Morgan fingerprint density at radius 1 is 1.09 bits per heavy atom. The third-order valence-corrected chi connectivity index (χ3v) is 4.76. The van der Waals surface area contributed by atoms with Crippen molar-refractivity contribution in [2.24, 2.45) is 5.10 Å². The second-order valence-corrected chi connectivity index (χ2v) is 6.98. The van der Waals surface area contributed by atoms with Crippen molar-refractivity contribution in [2.45, 2.75) is 13.8 Å². The highest BCUT2D eigenvalue weighted by atomic mass is 16.5. The number of rotatable bonds is 7. The molecule has 0 aliphatic heterocycles. The van der Waals surface area contributed by atoms with Gasteiger partial charge in [0.2, 0.25) is 0 Å². The Morgan fingerprint density at radius 2 is 1.94 bits per heavy atom. The van der Waals surface area contributed by atoms with Gasteiger partial charge in [0.1, 0.15) is 22.9 Å². The van der Waals surface area contributed by atoms with Crippen molar-refractivity contribution < 1.29 is 28.3 Å². The Bertz CT molecular complexity index is 1330. The fraction of sp³-hybridized carbons (Fsp3) is 0.125. The van der Waals surface area contributed by atoms with Crippen molar-refractivity contribution in [3.63, 3.8) is 0 Å². The van der Waals surface area contributed by atoms with E-state index in [0.717, 1.165) is 10.9 Å². The molecule has 0 saturated carbocycles. The second-order valence-electron chi connectivity index (χ2n) is 6.98. The predicted molar refractivity (Wildman–Crippen MR) is 118 cm³/mol. The normalized spacial score (nSPS) is 11.2. The van der Waals surface area contributed by atoms with Crippen LogP contribution in [-0.2, 0) is 0 Å². The van der Waals surface area contributed by atoms with Gasteiger partial charge in [-0.15, -0.1) is 0 Å². The third-order valence-electron chi connectivity index (χ3n) is 4.76. The van der Waals surface area contributed by atoms with Gasteiger partial charge in [0.05, 0.1) is 18.4 Å². The van der Waals surface area contributed by atoms with Gasteiger partial charge in [0.15, 0.2) is 5.76 Å². The highest BCUT2D eigenvalue weighted by Gasteiger charge is 2.13. The van der Waals surface area contributed by atoms with Crippen LogP contribution >= 0.6 is 0 Å². The minimum atomic E-state index is -1.01. The van der Waals surface area contributed by atoms with E-state index in [-0.39, 0.29) is 11.3 Å². The number of carboxylic acids is 1. The zero-order valence-electron chi connectivity index (χ0n) is 17.4. The number of hydrogen-bond donors (Lipinski definition) is 2. The van der Waals surface area contributed by atoms with E-state index < -0.39 is 11.9 Å². The second kappa shape index (κ2) is 8.81. The van der Waals surface area contributed by atoms with Crippen LogP contribution in [0.2, 0.25) is 0 Å². The number of benzene rings is 2. The molecule has 4 aromatic rings. The number of nitrogens with zero attached hydrogens (tertiary/aromatic N) is 1. The molecule has 162 valence electrons. The molecule has 0 unspecified atom stereocenters. The van der Waals surface area contributed by atoms with Crippen molar-refractivity contribution in [1.82, 2.24) is 5.43 Å². The summed E-state index contributed by atoms with van der Waals surface area (Å²) in [6.45, 7) is 4.30. The van der Waals surface area contributed by atoms with Gasteiger partial charge in [-0.1, -0.05) is 6.07 Å². The summed E-state index contributed by atoms with van der Waals surface area (Å²) in [5, 5.41) is 13.9. The number of ether oxygens (including phenoxy) is 1. The minimum Gasteiger partial charge on any atom is -0.494 e. The smallest absolute Gasteiger partial charge is 0.335 e. The van der Waals surface area contributed by atoms with Gasteiger partial charge in [-0.05, 0) is 67.9 Å². The highest BCUT2D eigenvalue weighted by Crippen LogP contribution is 2.27. The summed E-state index contributed by atoms with van der Waals surface area (Å²) in [6.07, 6.45) is 1.35. The molecule has 0 aliphatic carbocycles. The highest BCUT2D eigenvalue weighted by molar-refractivity contribution is 5.96. The molecule has 0 spiro atoms. The summed E-state index contributed by atoms with van der Waals surface area (Å²) in [7, 11) is 0. The van der Waals surface area contributed by atoms with E-state index in [2.05, 4.69) is 10.5 Å². The number of carboxylic acid groups (broad SMARTS) is 1. The van der Waals surface area contributed by atoms with Crippen LogP contribution in [0.1, 0.15) is 39.2 Å². The molecule has 2 N–H and O–H groups in total. The van der Waals surface area contributed by atoms with Crippen molar-refractivity contribution in [3.8, 4) is 17.1 Å².